The average Bonchev–Trinajstić information content (AvgIpc) is 2.67. The van der Waals surface area contributed by atoms with Crippen molar-refractivity contribution in [2.45, 2.75) is 20.2 Å². The molecular formula is C8H10N4O6. The Morgan fingerprint density at radius 2 is 1.44 bits per heavy atom. The molecule has 2 aromatic rings. The zero-order valence-electron chi connectivity index (χ0n) is 9.03. The zero-order chi connectivity index (χ0) is 13.4. The Bertz CT molecular complexity index is 763. The number of aliphatic hydroxyl groups excluding tert-OH is 3. The molecule has 2 rings (SSSR count). The molecule has 0 saturated heterocycles. The van der Waals surface area contributed by atoms with E-state index in [0.29, 0.717) is 9.13 Å². The van der Waals surface area contributed by atoms with Crippen LogP contribution in [0, 0.1) is 0 Å². The molecule has 0 amide bonds. The van der Waals surface area contributed by atoms with Gasteiger partial charge >= 0.3 is 11.4 Å². The Morgan fingerprint density at radius 3 is 1.94 bits per heavy atom. The largest absolute Gasteiger partial charge is 0.376 e. The first kappa shape index (κ1) is 12.3. The molecule has 0 radical (unpaired) electrons. The van der Waals surface area contributed by atoms with Gasteiger partial charge in [-0.3, -0.25) is 18.9 Å². The third-order valence-electron chi connectivity index (χ3n) is 2.56. The molecule has 98 valence electrons. The maximum atomic E-state index is 11.8. The highest BCUT2D eigenvalue weighted by molar-refractivity contribution is 5.69. The number of aromatic amines is 1. The van der Waals surface area contributed by atoms with Crippen molar-refractivity contribution in [2.24, 2.45) is 0 Å². The molecule has 0 bridgehead atoms. The summed E-state index contributed by atoms with van der Waals surface area (Å²) in [5, 5.41) is 27.1. The van der Waals surface area contributed by atoms with E-state index < -0.39 is 37.1 Å². The number of hydrogen-bond acceptors (Lipinski definition) is 6. The highest BCUT2D eigenvalue weighted by Crippen LogP contribution is 2.02. The Morgan fingerprint density at radius 1 is 0.889 bits per heavy atom. The van der Waals surface area contributed by atoms with Gasteiger partial charge in [0, 0.05) is 0 Å². The van der Waals surface area contributed by atoms with Crippen molar-refractivity contribution in [3.05, 3.63) is 31.3 Å². The summed E-state index contributed by atoms with van der Waals surface area (Å²) in [6.45, 7) is -2.46. The maximum Gasteiger partial charge on any atom is 0.336 e. The van der Waals surface area contributed by atoms with Crippen LogP contribution < -0.4 is 16.9 Å². The number of nitrogens with one attached hydrogen (secondary N) is 1. The lowest BCUT2D eigenvalue weighted by Crippen LogP contribution is -2.40. The number of nitrogens with zero attached hydrogens (tertiary/aromatic N) is 3. The van der Waals surface area contributed by atoms with Gasteiger partial charge in [-0.25, -0.2) is 14.2 Å². The van der Waals surface area contributed by atoms with Gasteiger partial charge in [-0.2, -0.15) is 0 Å². The predicted molar refractivity (Wildman–Crippen MR) is 57.7 cm³/mol. The van der Waals surface area contributed by atoms with Crippen LogP contribution in [-0.2, 0) is 20.2 Å². The third kappa shape index (κ3) is 1.44. The van der Waals surface area contributed by atoms with Crippen LogP contribution in [-0.4, -0.2) is 34.0 Å². The van der Waals surface area contributed by atoms with Gasteiger partial charge in [0.05, 0.1) is 0 Å². The summed E-state index contributed by atoms with van der Waals surface area (Å²) in [4.78, 5) is 37.1. The van der Waals surface area contributed by atoms with Crippen molar-refractivity contribution in [2.75, 3.05) is 0 Å². The maximum absolute atomic E-state index is 11.8. The SMILES string of the molecule is O=c1c2[nH]c(=O)n(CO)c2n(CO)c(=O)n1CO. The highest BCUT2D eigenvalue weighted by atomic mass is 16.3. The standard InChI is InChI=1S/C8H10N4O6/c13-1-10-5-4(9-7(10)17)6(16)12(3-15)8(18)11(5)2-14/h13-15H,1-3H2,(H,9,17). The summed E-state index contributed by atoms with van der Waals surface area (Å²) in [5.41, 5.74) is -3.21. The number of fused-ring (bicyclic) bond motifs is 1. The summed E-state index contributed by atoms with van der Waals surface area (Å²) in [6.07, 6.45) is 0. The molecule has 0 aliphatic heterocycles. The molecule has 18 heavy (non-hydrogen) atoms. The quantitative estimate of drug-likeness (QED) is 0.450. The lowest BCUT2D eigenvalue weighted by atomic mass is 10.5. The van der Waals surface area contributed by atoms with Crippen molar-refractivity contribution in [1.29, 1.82) is 0 Å². The van der Waals surface area contributed by atoms with E-state index in [4.69, 9.17) is 15.3 Å². The second-order valence-corrected chi connectivity index (χ2v) is 3.42. The van der Waals surface area contributed by atoms with Gasteiger partial charge < -0.3 is 15.3 Å². The minimum Gasteiger partial charge on any atom is -0.376 e. The first-order valence-corrected chi connectivity index (χ1v) is 4.85. The van der Waals surface area contributed by atoms with E-state index in [9.17, 15) is 14.4 Å². The number of aliphatic hydroxyl groups is 3. The number of rotatable bonds is 3. The van der Waals surface area contributed by atoms with E-state index >= 15 is 0 Å². The molecule has 0 aliphatic rings. The van der Waals surface area contributed by atoms with Crippen molar-refractivity contribution in [3.63, 3.8) is 0 Å². The van der Waals surface area contributed by atoms with Gasteiger partial charge in [0.1, 0.15) is 20.2 Å². The molecule has 0 saturated carbocycles. The van der Waals surface area contributed by atoms with Crippen LogP contribution in [0.2, 0.25) is 0 Å². The normalized spacial score (nSPS) is 11.3. The number of imidazole rings is 1. The minimum absolute atomic E-state index is 0.232. The Labute approximate surface area is 97.6 Å². The van der Waals surface area contributed by atoms with E-state index in [-0.39, 0.29) is 11.2 Å². The smallest absolute Gasteiger partial charge is 0.336 e. The van der Waals surface area contributed by atoms with Gasteiger partial charge in [0.2, 0.25) is 0 Å². The minimum atomic E-state index is -0.987. The van der Waals surface area contributed by atoms with Gasteiger partial charge in [0.25, 0.3) is 5.56 Å². The van der Waals surface area contributed by atoms with Gasteiger partial charge in [-0.1, -0.05) is 0 Å². The van der Waals surface area contributed by atoms with Gasteiger partial charge in [0.15, 0.2) is 11.2 Å². The Kier molecular flexibility index (Phi) is 2.90. The summed E-state index contributed by atoms with van der Waals surface area (Å²) < 4.78 is 1.84. The molecule has 10 heteroatoms. The lowest BCUT2D eigenvalue weighted by molar-refractivity contribution is 0.174. The summed E-state index contributed by atoms with van der Waals surface area (Å²) in [5.74, 6) is 0. The Balaban J connectivity index is 3.15. The van der Waals surface area contributed by atoms with Crippen LogP contribution in [0.25, 0.3) is 11.2 Å². The zero-order valence-corrected chi connectivity index (χ0v) is 9.03. The fourth-order valence-electron chi connectivity index (χ4n) is 1.73. The molecule has 2 heterocycles. The molecule has 0 aliphatic carbocycles. The number of H-pyrrole nitrogens is 1. The third-order valence-corrected chi connectivity index (χ3v) is 2.56. The molecule has 0 unspecified atom stereocenters. The van der Waals surface area contributed by atoms with Crippen LogP contribution in [0.4, 0.5) is 0 Å². The van der Waals surface area contributed by atoms with Gasteiger partial charge in [-0.05, 0) is 0 Å². The monoisotopic (exact) mass is 258 g/mol. The van der Waals surface area contributed by atoms with Crippen molar-refractivity contribution in [1.82, 2.24) is 18.7 Å². The fraction of sp³-hybridized carbons (Fsp3) is 0.375. The molecule has 0 spiro atoms. The predicted octanol–water partition coefficient (Wildman–Crippen LogP) is -3.50. The first-order chi connectivity index (χ1) is 8.56. The van der Waals surface area contributed by atoms with Crippen LogP contribution in [0.3, 0.4) is 0 Å². The summed E-state index contributed by atoms with van der Waals surface area (Å²) in [6, 6.07) is 0. The van der Waals surface area contributed by atoms with E-state index in [0.717, 1.165) is 4.57 Å². The Hall–Kier alpha value is -2.17. The molecule has 4 N–H and O–H groups in total. The van der Waals surface area contributed by atoms with Crippen LogP contribution in [0.5, 0.6) is 0 Å². The number of hydrogen-bond donors (Lipinski definition) is 4. The second-order valence-electron chi connectivity index (χ2n) is 3.42. The van der Waals surface area contributed by atoms with Crippen molar-refractivity contribution >= 4 is 11.2 Å². The average molecular weight is 258 g/mol. The lowest BCUT2D eigenvalue weighted by Gasteiger charge is -2.08. The van der Waals surface area contributed by atoms with E-state index in [1.54, 1.807) is 0 Å². The van der Waals surface area contributed by atoms with Crippen molar-refractivity contribution in [3.8, 4) is 0 Å². The van der Waals surface area contributed by atoms with Gasteiger partial charge in [-0.15, -0.1) is 0 Å². The summed E-state index contributed by atoms with van der Waals surface area (Å²) in [7, 11) is 0. The molecular weight excluding hydrogens is 248 g/mol. The highest BCUT2D eigenvalue weighted by Gasteiger charge is 2.18. The van der Waals surface area contributed by atoms with Crippen LogP contribution in [0.15, 0.2) is 14.4 Å². The van der Waals surface area contributed by atoms with E-state index in [1.165, 1.54) is 0 Å². The van der Waals surface area contributed by atoms with Crippen molar-refractivity contribution < 1.29 is 15.3 Å². The fourth-order valence-corrected chi connectivity index (χ4v) is 1.73. The summed E-state index contributed by atoms with van der Waals surface area (Å²) >= 11 is 0. The molecule has 2 aromatic heterocycles. The van der Waals surface area contributed by atoms with E-state index in [1.807, 2.05) is 0 Å². The number of aromatic nitrogens is 4. The molecule has 10 nitrogen and oxygen atoms in total. The van der Waals surface area contributed by atoms with Crippen LogP contribution >= 0.6 is 0 Å². The molecule has 0 aromatic carbocycles. The van der Waals surface area contributed by atoms with E-state index in [2.05, 4.69) is 4.98 Å². The molecule has 0 atom stereocenters. The second kappa shape index (κ2) is 4.25. The first-order valence-electron chi connectivity index (χ1n) is 4.85. The molecule has 0 fully saturated rings. The topological polar surface area (TPSA) is 142 Å². The van der Waals surface area contributed by atoms with Crippen LogP contribution in [0.1, 0.15) is 0 Å².